The molecule has 0 aliphatic carbocycles. The van der Waals surface area contributed by atoms with Crippen LogP contribution in [0.4, 0.5) is 17.1 Å². The molecular formula is C29H28N4O10. The first kappa shape index (κ1) is 32.0. The Kier molecular flexibility index (Phi) is 10.4. The summed E-state index contributed by atoms with van der Waals surface area (Å²) in [5.74, 6) is -6.00. The van der Waals surface area contributed by atoms with Crippen molar-refractivity contribution in [2.75, 3.05) is 11.5 Å². The Bertz CT molecular complexity index is 1570. The number of aliphatic hydroxyl groups is 1. The fourth-order valence-electron chi connectivity index (χ4n) is 4.39. The summed E-state index contributed by atoms with van der Waals surface area (Å²) in [7, 11) is 0. The van der Waals surface area contributed by atoms with E-state index in [4.69, 9.17) is 5.73 Å². The second-order valence-corrected chi connectivity index (χ2v) is 9.38. The fourth-order valence-corrected chi connectivity index (χ4v) is 4.39. The molecule has 0 bridgehead atoms. The second kappa shape index (κ2) is 13.9. The number of hydrogen-bond acceptors (Lipinski definition) is 9. The highest BCUT2D eigenvalue weighted by Crippen LogP contribution is 2.33. The molecule has 224 valence electrons. The van der Waals surface area contributed by atoms with Crippen molar-refractivity contribution in [3.8, 4) is 0 Å². The van der Waals surface area contributed by atoms with Crippen LogP contribution in [-0.2, 0) is 38.6 Å². The number of nitro groups is 1. The largest absolute Gasteiger partial charge is 0.478 e. The highest BCUT2D eigenvalue weighted by molar-refractivity contribution is 6.39. The summed E-state index contributed by atoms with van der Waals surface area (Å²) >= 11 is 0. The number of benzene rings is 3. The van der Waals surface area contributed by atoms with Crippen LogP contribution < -0.4 is 10.6 Å². The van der Waals surface area contributed by atoms with Gasteiger partial charge in [-0.25, -0.2) is 9.59 Å². The molecule has 3 aromatic rings. The molecule has 0 aliphatic heterocycles. The lowest BCUT2D eigenvalue weighted by atomic mass is 9.98. The van der Waals surface area contributed by atoms with Gasteiger partial charge < -0.3 is 21.1 Å². The molecule has 14 heteroatoms. The van der Waals surface area contributed by atoms with Crippen LogP contribution in [0.5, 0.6) is 0 Å². The lowest BCUT2D eigenvalue weighted by Gasteiger charge is -2.26. The van der Waals surface area contributed by atoms with Crippen LogP contribution in [0.25, 0.3) is 0 Å². The van der Waals surface area contributed by atoms with Crippen molar-refractivity contribution in [1.82, 2.24) is 4.90 Å². The molecule has 14 nitrogen and oxygen atoms in total. The monoisotopic (exact) mass is 592 g/mol. The predicted molar refractivity (Wildman–Crippen MR) is 151 cm³/mol. The van der Waals surface area contributed by atoms with Crippen molar-refractivity contribution in [2.24, 2.45) is 5.73 Å². The number of nitro benzene ring substituents is 1. The van der Waals surface area contributed by atoms with Crippen molar-refractivity contribution >= 4 is 46.7 Å². The predicted octanol–water partition coefficient (Wildman–Crippen LogP) is 2.02. The molecule has 0 aromatic heterocycles. The summed E-state index contributed by atoms with van der Waals surface area (Å²) in [6.07, 6.45) is -0.162. The number of anilines is 2. The minimum atomic E-state index is -1.84. The molecule has 3 aromatic carbocycles. The number of hydrogen-bond donors (Lipinski definition) is 4. The third-order valence-corrected chi connectivity index (χ3v) is 6.43. The number of nitrogens with zero attached hydrogens (tertiary/aromatic N) is 3. The Balaban J connectivity index is 1.94. The minimum Gasteiger partial charge on any atom is -0.478 e. The van der Waals surface area contributed by atoms with E-state index in [1.54, 1.807) is 0 Å². The van der Waals surface area contributed by atoms with Crippen LogP contribution in [-0.4, -0.2) is 67.5 Å². The van der Waals surface area contributed by atoms with Gasteiger partial charge in [0.05, 0.1) is 34.4 Å². The molecule has 0 saturated heterocycles. The Morgan fingerprint density at radius 3 is 2.12 bits per heavy atom. The standard InChI is InChI=1S/C29H28N4O10/c1-17(35)31(16-18-6-9-21(10-7-18)33(42)43)26(36)23(30)15-19-8-11-24(20(14-19)12-13-34)32(27(37)29(40)41)25-5-3-2-4-22(25)28(38)39/h2-11,14,23,34H,12-13,15-16,30H2,1H3,(H,38,39)(H,40,41)/t23-/m0/s1. The van der Waals surface area contributed by atoms with Gasteiger partial charge in [-0.05, 0) is 47.7 Å². The smallest absolute Gasteiger partial charge is 0.395 e. The van der Waals surface area contributed by atoms with Crippen LogP contribution in [0.15, 0.2) is 66.7 Å². The van der Waals surface area contributed by atoms with Gasteiger partial charge in [-0.3, -0.25) is 34.3 Å². The third kappa shape index (κ3) is 7.63. The Hall–Kier alpha value is -5.47. The highest BCUT2D eigenvalue weighted by Gasteiger charge is 2.30. The quantitative estimate of drug-likeness (QED) is 0.143. The van der Waals surface area contributed by atoms with Crippen LogP contribution >= 0.6 is 0 Å². The van der Waals surface area contributed by atoms with Gasteiger partial charge >= 0.3 is 17.8 Å². The van der Waals surface area contributed by atoms with Crippen molar-refractivity contribution in [3.63, 3.8) is 0 Å². The van der Waals surface area contributed by atoms with Crippen LogP contribution in [0.2, 0.25) is 0 Å². The zero-order chi connectivity index (χ0) is 31.8. The Morgan fingerprint density at radius 2 is 1.56 bits per heavy atom. The second-order valence-electron chi connectivity index (χ2n) is 9.38. The average Bonchev–Trinajstić information content (AvgIpc) is 2.97. The number of amides is 3. The van der Waals surface area contributed by atoms with Crippen LogP contribution in [0.1, 0.15) is 34.0 Å². The minimum absolute atomic E-state index is 0.00216. The van der Waals surface area contributed by atoms with Gasteiger partial charge in [-0.15, -0.1) is 0 Å². The van der Waals surface area contributed by atoms with E-state index in [9.17, 15) is 49.4 Å². The number of aliphatic carboxylic acids is 1. The lowest BCUT2D eigenvalue weighted by Crippen LogP contribution is -2.46. The number of rotatable bonds is 11. The van der Waals surface area contributed by atoms with E-state index >= 15 is 0 Å². The van der Waals surface area contributed by atoms with E-state index in [-0.39, 0.29) is 47.6 Å². The molecule has 3 rings (SSSR count). The van der Waals surface area contributed by atoms with E-state index in [0.29, 0.717) is 11.1 Å². The topological polar surface area (TPSA) is 222 Å². The zero-order valence-electron chi connectivity index (χ0n) is 22.9. The SMILES string of the molecule is CC(=O)N(Cc1ccc([N+](=O)[O-])cc1)C(=O)[C@@H](N)Cc1ccc(N(C(=O)C(=O)O)c2ccccc2C(=O)O)c(CCO)c1. The van der Waals surface area contributed by atoms with Gasteiger partial charge in [0.15, 0.2) is 0 Å². The average molecular weight is 593 g/mol. The number of aromatic carboxylic acids is 1. The number of non-ortho nitro benzene ring substituents is 1. The molecule has 0 saturated carbocycles. The molecular weight excluding hydrogens is 564 g/mol. The van der Waals surface area contributed by atoms with E-state index in [0.717, 1.165) is 9.80 Å². The molecule has 0 radical (unpaired) electrons. The molecule has 43 heavy (non-hydrogen) atoms. The number of carboxylic acids is 2. The zero-order valence-corrected chi connectivity index (χ0v) is 22.9. The summed E-state index contributed by atoms with van der Waals surface area (Å²) < 4.78 is 0. The Morgan fingerprint density at radius 1 is 0.930 bits per heavy atom. The third-order valence-electron chi connectivity index (χ3n) is 6.43. The van der Waals surface area contributed by atoms with Gasteiger partial charge in [0.25, 0.3) is 5.69 Å². The van der Waals surface area contributed by atoms with Crippen LogP contribution in [0.3, 0.4) is 0 Å². The summed E-state index contributed by atoms with van der Waals surface area (Å²) in [6.45, 7) is 0.585. The van der Waals surface area contributed by atoms with Gasteiger partial charge in [0.2, 0.25) is 11.8 Å². The normalized spacial score (nSPS) is 11.3. The van der Waals surface area contributed by atoms with Crippen molar-refractivity contribution < 1.29 is 44.2 Å². The summed E-state index contributed by atoms with van der Waals surface area (Å²) in [5, 5.41) is 39.7. The number of para-hydroxylation sites is 1. The van der Waals surface area contributed by atoms with Gasteiger partial charge in [0.1, 0.15) is 0 Å². The summed E-state index contributed by atoms with van der Waals surface area (Å²) in [4.78, 5) is 73.8. The molecule has 1 atom stereocenters. The van der Waals surface area contributed by atoms with E-state index in [1.165, 1.54) is 73.7 Å². The Labute approximate surface area is 244 Å². The first-order valence-electron chi connectivity index (χ1n) is 12.8. The molecule has 0 spiro atoms. The number of nitrogens with two attached hydrogens (primary N) is 1. The maximum Gasteiger partial charge on any atom is 0.395 e. The molecule has 5 N–H and O–H groups in total. The van der Waals surface area contributed by atoms with Gasteiger partial charge in [-0.2, -0.15) is 0 Å². The first-order valence-corrected chi connectivity index (χ1v) is 12.8. The molecule has 0 fully saturated rings. The summed E-state index contributed by atoms with van der Waals surface area (Å²) in [6, 6.07) is 13.8. The van der Waals surface area contributed by atoms with Crippen molar-refractivity contribution in [1.29, 1.82) is 0 Å². The number of carboxylic acid groups (broad SMARTS) is 2. The number of imide groups is 1. The maximum absolute atomic E-state index is 13.2. The molecule has 0 unspecified atom stereocenters. The highest BCUT2D eigenvalue weighted by atomic mass is 16.6. The molecule has 0 aliphatic rings. The molecule has 3 amide bonds. The number of carbonyl (C=O) groups excluding carboxylic acids is 3. The van der Waals surface area contributed by atoms with E-state index < -0.39 is 47.2 Å². The van der Waals surface area contributed by atoms with Gasteiger partial charge in [0, 0.05) is 25.7 Å². The van der Waals surface area contributed by atoms with Crippen LogP contribution in [0, 0.1) is 10.1 Å². The number of carbonyl (C=O) groups is 5. The van der Waals surface area contributed by atoms with E-state index in [2.05, 4.69) is 0 Å². The van der Waals surface area contributed by atoms with Gasteiger partial charge in [-0.1, -0.05) is 36.4 Å². The first-order chi connectivity index (χ1) is 20.3. The summed E-state index contributed by atoms with van der Waals surface area (Å²) in [5.41, 5.74) is 6.65. The fraction of sp³-hybridized carbons (Fsp3) is 0.207. The number of aliphatic hydroxyl groups excluding tert-OH is 1. The maximum atomic E-state index is 13.2. The van der Waals surface area contributed by atoms with E-state index in [1.807, 2.05) is 0 Å². The lowest BCUT2D eigenvalue weighted by molar-refractivity contribution is -0.384. The van der Waals surface area contributed by atoms with Crippen molar-refractivity contribution in [2.45, 2.75) is 32.4 Å². The van der Waals surface area contributed by atoms with Crippen molar-refractivity contribution in [3.05, 3.63) is 99.1 Å². The molecule has 0 heterocycles.